The summed E-state index contributed by atoms with van der Waals surface area (Å²) in [5, 5.41) is 0. The van der Waals surface area contributed by atoms with Crippen molar-refractivity contribution in [2.45, 2.75) is 20.3 Å². The minimum atomic E-state index is 0.757. The van der Waals surface area contributed by atoms with E-state index >= 15 is 0 Å². The number of aromatic nitrogens is 2. The summed E-state index contributed by atoms with van der Waals surface area (Å²) in [7, 11) is 0. The van der Waals surface area contributed by atoms with E-state index in [9.17, 15) is 0 Å². The van der Waals surface area contributed by atoms with Crippen LogP contribution in [0.4, 0.5) is 5.69 Å². The van der Waals surface area contributed by atoms with Crippen LogP contribution in [-0.2, 0) is 6.42 Å². The molecule has 0 radical (unpaired) electrons. The first kappa shape index (κ1) is 15.9. The fourth-order valence-electron chi connectivity index (χ4n) is 3.05. The number of hydrogen-bond donors (Lipinski definition) is 0. The van der Waals surface area contributed by atoms with Crippen molar-refractivity contribution in [3.63, 3.8) is 0 Å². The molecule has 0 aromatic carbocycles. The van der Waals surface area contributed by atoms with Crippen LogP contribution in [0.25, 0.3) is 0 Å². The monoisotopic (exact) mass is 326 g/mol. The maximum atomic E-state index is 5.66. The van der Waals surface area contributed by atoms with E-state index in [0.717, 1.165) is 49.0 Å². The van der Waals surface area contributed by atoms with Crippen molar-refractivity contribution in [3.05, 3.63) is 53.6 Å². The second-order valence-electron chi connectivity index (χ2n) is 6.03. The van der Waals surface area contributed by atoms with Gasteiger partial charge in [0, 0.05) is 62.1 Å². The van der Waals surface area contributed by atoms with Crippen LogP contribution in [0.15, 0.2) is 36.7 Å². The standard InChI is InChI=1S/C18H22N4S/c1-14-11-15(2)20-16(12-14)13-18(23)22-9-7-21(8-10-22)17-3-5-19-6-4-17/h3-6,11-12H,7-10,13H2,1-2H3. The van der Waals surface area contributed by atoms with Crippen LogP contribution in [0.1, 0.15) is 17.0 Å². The Morgan fingerprint density at radius 2 is 1.78 bits per heavy atom. The summed E-state index contributed by atoms with van der Waals surface area (Å²) < 4.78 is 0. The van der Waals surface area contributed by atoms with E-state index in [1.807, 2.05) is 19.3 Å². The topological polar surface area (TPSA) is 32.3 Å². The van der Waals surface area contributed by atoms with Crippen LogP contribution < -0.4 is 4.90 Å². The van der Waals surface area contributed by atoms with Crippen LogP contribution in [0, 0.1) is 13.8 Å². The predicted octanol–water partition coefficient (Wildman–Crippen LogP) is 2.79. The zero-order chi connectivity index (χ0) is 16.2. The molecule has 23 heavy (non-hydrogen) atoms. The molecule has 0 amide bonds. The Morgan fingerprint density at radius 3 is 2.43 bits per heavy atom. The van der Waals surface area contributed by atoms with Crippen molar-refractivity contribution in [2.24, 2.45) is 0 Å². The molecule has 3 rings (SSSR count). The quantitative estimate of drug-likeness (QED) is 0.810. The SMILES string of the molecule is Cc1cc(C)nc(CC(=S)N2CCN(c3ccncc3)CC2)c1. The minimum absolute atomic E-state index is 0.757. The molecule has 0 N–H and O–H groups in total. The molecule has 3 heterocycles. The Bertz CT molecular complexity index is 658. The van der Waals surface area contributed by atoms with E-state index in [1.54, 1.807) is 0 Å². The highest BCUT2D eigenvalue weighted by molar-refractivity contribution is 7.80. The zero-order valence-corrected chi connectivity index (χ0v) is 14.5. The summed E-state index contributed by atoms with van der Waals surface area (Å²) in [5.74, 6) is 0. The van der Waals surface area contributed by atoms with Gasteiger partial charge in [0.2, 0.25) is 0 Å². The number of piperazine rings is 1. The molecule has 1 fully saturated rings. The highest BCUT2D eigenvalue weighted by Gasteiger charge is 2.19. The second-order valence-corrected chi connectivity index (χ2v) is 6.50. The van der Waals surface area contributed by atoms with Gasteiger partial charge >= 0.3 is 0 Å². The molecule has 1 aliphatic heterocycles. The molecule has 0 unspecified atom stereocenters. The van der Waals surface area contributed by atoms with Gasteiger partial charge in [-0.25, -0.2) is 0 Å². The van der Waals surface area contributed by atoms with Crippen LogP contribution >= 0.6 is 12.2 Å². The van der Waals surface area contributed by atoms with Crippen molar-refractivity contribution >= 4 is 22.9 Å². The first-order valence-electron chi connectivity index (χ1n) is 7.99. The van der Waals surface area contributed by atoms with E-state index in [0.29, 0.717) is 0 Å². The van der Waals surface area contributed by atoms with Gasteiger partial charge in [-0.1, -0.05) is 12.2 Å². The number of pyridine rings is 2. The number of anilines is 1. The average molecular weight is 326 g/mol. The van der Waals surface area contributed by atoms with Crippen LogP contribution in [0.2, 0.25) is 0 Å². The lowest BCUT2D eigenvalue weighted by molar-refractivity contribution is 0.387. The van der Waals surface area contributed by atoms with Gasteiger partial charge in [-0.3, -0.25) is 9.97 Å². The normalized spacial score (nSPS) is 14.9. The van der Waals surface area contributed by atoms with Crippen LogP contribution in [0.5, 0.6) is 0 Å². The molecule has 1 aliphatic rings. The summed E-state index contributed by atoms with van der Waals surface area (Å²) in [6.07, 6.45) is 4.45. The Balaban J connectivity index is 1.58. The van der Waals surface area contributed by atoms with Crippen molar-refractivity contribution in [2.75, 3.05) is 31.1 Å². The summed E-state index contributed by atoms with van der Waals surface area (Å²) in [6.45, 7) is 8.05. The fraction of sp³-hybridized carbons (Fsp3) is 0.389. The van der Waals surface area contributed by atoms with Gasteiger partial charge in [0.05, 0.1) is 4.99 Å². The predicted molar refractivity (Wildman–Crippen MR) is 98.0 cm³/mol. The maximum Gasteiger partial charge on any atom is 0.0840 e. The molecular weight excluding hydrogens is 304 g/mol. The number of nitrogens with zero attached hydrogens (tertiary/aromatic N) is 4. The minimum Gasteiger partial charge on any atom is -0.368 e. The second kappa shape index (κ2) is 7.04. The number of thiocarbonyl (C=S) groups is 1. The summed E-state index contributed by atoms with van der Waals surface area (Å²) in [4.78, 5) is 14.4. The summed E-state index contributed by atoms with van der Waals surface area (Å²) >= 11 is 5.66. The zero-order valence-electron chi connectivity index (χ0n) is 13.7. The summed E-state index contributed by atoms with van der Waals surface area (Å²) in [5.41, 5.74) is 4.62. The Labute approximate surface area is 143 Å². The molecule has 2 aromatic rings. The summed E-state index contributed by atoms with van der Waals surface area (Å²) in [6, 6.07) is 8.35. The van der Waals surface area contributed by atoms with Crippen LogP contribution in [0.3, 0.4) is 0 Å². The molecule has 0 bridgehead atoms. The average Bonchev–Trinajstić information content (AvgIpc) is 2.55. The third-order valence-corrected chi connectivity index (χ3v) is 4.55. The van der Waals surface area contributed by atoms with Gasteiger partial charge < -0.3 is 9.80 Å². The third-order valence-electron chi connectivity index (χ3n) is 4.14. The fourth-order valence-corrected chi connectivity index (χ4v) is 3.38. The molecule has 0 aliphatic carbocycles. The molecular formula is C18H22N4S. The molecule has 1 saturated heterocycles. The molecule has 0 atom stereocenters. The van der Waals surface area contributed by atoms with Gasteiger partial charge in [0.1, 0.15) is 0 Å². The molecule has 0 spiro atoms. The number of hydrogen-bond acceptors (Lipinski definition) is 4. The Hall–Kier alpha value is -2.01. The molecule has 2 aromatic heterocycles. The lowest BCUT2D eigenvalue weighted by atomic mass is 10.1. The molecule has 120 valence electrons. The van der Waals surface area contributed by atoms with Gasteiger partial charge in [0.15, 0.2) is 0 Å². The van der Waals surface area contributed by atoms with E-state index in [-0.39, 0.29) is 0 Å². The smallest absolute Gasteiger partial charge is 0.0840 e. The molecule has 4 nitrogen and oxygen atoms in total. The first-order valence-corrected chi connectivity index (χ1v) is 8.39. The van der Waals surface area contributed by atoms with Crippen molar-refractivity contribution in [3.8, 4) is 0 Å². The van der Waals surface area contributed by atoms with Crippen LogP contribution in [-0.4, -0.2) is 46.0 Å². The van der Waals surface area contributed by atoms with Crippen molar-refractivity contribution < 1.29 is 0 Å². The van der Waals surface area contributed by atoms with Gasteiger partial charge in [-0.05, 0) is 43.7 Å². The molecule has 5 heteroatoms. The van der Waals surface area contributed by atoms with E-state index in [2.05, 4.69) is 51.0 Å². The maximum absolute atomic E-state index is 5.66. The first-order chi connectivity index (χ1) is 11.1. The lowest BCUT2D eigenvalue weighted by Gasteiger charge is -2.37. The van der Waals surface area contributed by atoms with E-state index in [1.165, 1.54) is 11.3 Å². The van der Waals surface area contributed by atoms with Crippen molar-refractivity contribution in [1.29, 1.82) is 0 Å². The third kappa shape index (κ3) is 4.05. The Kier molecular flexibility index (Phi) is 4.86. The highest BCUT2D eigenvalue weighted by Crippen LogP contribution is 2.16. The lowest BCUT2D eigenvalue weighted by Crippen LogP contribution is -2.48. The van der Waals surface area contributed by atoms with E-state index in [4.69, 9.17) is 12.2 Å². The Morgan fingerprint density at radius 1 is 1.09 bits per heavy atom. The van der Waals surface area contributed by atoms with Gasteiger partial charge in [0.25, 0.3) is 0 Å². The van der Waals surface area contributed by atoms with E-state index < -0.39 is 0 Å². The number of aryl methyl sites for hydroxylation is 2. The molecule has 0 saturated carbocycles. The largest absolute Gasteiger partial charge is 0.368 e. The highest BCUT2D eigenvalue weighted by atomic mass is 32.1. The van der Waals surface area contributed by atoms with Crippen molar-refractivity contribution in [1.82, 2.24) is 14.9 Å². The number of rotatable bonds is 3. The van der Waals surface area contributed by atoms with Gasteiger partial charge in [-0.15, -0.1) is 0 Å². The van der Waals surface area contributed by atoms with Gasteiger partial charge in [-0.2, -0.15) is 0 Å².